The molecule has 0 bridgehead atoms. The Morgan fingerprint density at radius 3 is 2.52 bits per heavy atom. The third kappa shape index (κ3) is 4.72. The maximum atomic E-state index is 14.6. The van der Waals surface area contributed by atoms with Crippen LogP contribution in [0.4, 0.5) is 8.78 Å². The molecule has 5 nitrogen and oxygen atoms in total. The largest absolute Gasteiger partial charge is 0.478 e. The number of carboxylic acid groups (broad SMARTS) is 1. The molecule has 0 aliphatic heterocycles. The Kier molecular flexibility index (Phi) is 6.13. The zero-order chi connectivity index (χ0) is 23.5. The van der Waals surface area contributed by atoms with Crippen molar-refractivity contribution in [2.75, 3.05) is 0 Å². The first-order chi connectivity index (χ1) is 15.8. The summed E-state index contributed by atoms with van der Waals surface area (Å²) in [7, 11) is 0. The summed E-state index contributed by atoms with van der Waals surface area (Å²) in [6.45, 7) is 1.66. The Morgan fingerprint density at radius 2 is 1.76 bits per heavy atom. The molecular weight excluding hydrogens is 426 g/mol. The number of carboxylic acids is 1. The van der Waals surface area contributed by atoms with E-state index in [9.17, 15) is 23.5 Å². The lowest BCUT2D eigenvalue weighted by Gasteiger charge is -2.30. The second kappa shape index (κ2) is 9.16. The van der Waals surface area contributed by atoms with Crippen LogP contribution >= 0.6 is 0 Å². The van der Waals surface area contributed by atoms with Crippen molar-refractivity contribution in [2.24, 2.45) is 0 Å². The molecule has 0 radical (unpaired) electrons. The molecule has 166 valence electrons. The number of pyridine rings is 1. The smallest absolute Gasteiger partial charge is 0.335 e. The first-order valence-electron chi connectivity index (χ1n) is 10.3. The second-order valence-electron chi connectivity index (χ2n) is 7.70. The van der Waals surface area contributed by atoms with Crippen LogP contribution in [0.1, 0.15) is 44.8 Å². The molecule has 0 spiro atoms. The van der Waals surface area contributed by atoms with Crippen LogP contribution < -0.4 is 0 Å². The fourth-order valence-corrected chi connectivity index (χ4v) is 3.75. The minimum atomic E-state index is -1.09. The predicted octanol–water partition coefficient (Wildman–Crippen LogP) is 5.61. The molecule has 1 amide bonds. The van der Waals surface area contributed by atoms with Gasteiger partial charge in [-0.1, -0.05) is 36.4 Å². The van der Waals surface area contributed by atoms with Gasteiger partial charge in [0.05, 0.1) is 22.7 Å². The molecule has 0 aliphatic rings. The molecule has 0 saturated heterocycles. The number of hydrogen-bond donors (Lipinski definition) is 1. The molecule has 4 rings (SSSR count). The molecule has 0 fully saturated rings. The Morgan fingerprint density at radius 1 is 0.970 bits per heavy atom. The minimum absolute atomic E-state index is 0.0186. The van der Waals surface area contributed by atoms with Crippen molar-refractivity contribution in [1.29, 1.82) is 0 Å². The monoisotopic (exact) mass is 446 g/mol. The molecule has 1 N–H and O–H groups in total. The highest BCUT2D eigenvalue weighted by atomic mass is 19.1. The number of nitrogens with zero attached hydrogens (tertiary/aromatic N) is 2. The summed E-state index contributed by atoms with van der Waals surface area (Å²) in [4.78, 5) is 30.7. The van der Waals surface area contributed by atoms with E-state index in [2.05, 4.69) is 4.98 Å². The number of fused-ring (bicyclic) bond motifs is 1. The molecule has 3 aromatic carbocycles. The predicted molar refractivity (Wildman–Crippen MR) is 120 cm³/mol. The van der Waals surface area contributed by atoms with Gasteiger partial charge in [-0.3, -0.25) is 9.78 Å². The fraction of sp³-hybridized carbons (Fsp3) is 0.115. The first kappa shape index (κ1) is 22.1. The summed E-state index contributed by atoms with van der Waals surface area (Å²) in [6.07, 6.45) is 1.46. The van der Waals surface area contributed by atoms with E-state index in [4.69, 9.17) is 0 Å². The number of hydrogen-bond acceptors (Lipinski definition) is 3. The van der Waals surface area contributed by atoms with Gasteiger partial charge in [0.25, 0.3) is 5.91 Å². The van der Waals surface area contributed by atoms with E-state index < -0.39 is 29.6 Å². The lowest BCUT2D eigenvalue weighted by molar-refractivity contribution is 0.0670. The molecule has 1 heterocycles. The lowest BCUT2D eigenvalue weighted by Crippen LogP contribution is -2.33. The SMILES string of the molecule is CC(c1ccc(F)cc1F)N(Cc1cccc(C(=O)O)c1)C(=O)c1cnc2ccccc2c1. The number of rotatable bonds is 6. The number of amides is 1. The zero-order valence-corrected chi connectivity index (χ0v) is 17.7. The van der Waals surface area contributed by atoms with E-state index in [0.717, 1.165) is 23.0 Å². The second-order valence-corrected chi connectivity index (χ2v) is 7.70. The van der Waals surface area contributed by atoms with Gasteiger partial charge < -0.3 is 10.0 Å². The van der Waals surface area contributed by atoms with Crippen LogP contribution in [-0.4, -0.2) is 26.9 Å². The summed E-state index contributed by atoms with van der Waals surface area (Å²) < 4.78 is 28.0. The highest BCUT2D eigenvalue weighted by molar-refractivity contribution is 5.97. The van der Waals surface area contributed by atoms with Gasteiger partial charge in [-0.25, -0.2) is 13.6 Å². The average Bonchev–Trinajstić information content (AvgIpc) is 2.81. The molecule has 0 aliphatic carbocycles. The summed E-state index contributed by atoms with van der Waals surface area (Å²) in [6, 6.07) is 17.7. The summed E-state index contributed by atoms with van der Waals surface area (Å²) in [5, 5.41) is 10.1. The van der Waals surface area contributed by atoms with Crippen molar-refractivity contribution in [3.63, 3.8) is 0 Å². The van der Waals surface area contributed by atoms with E-state index in [0.29, 0.717) is 11.1 Å². The zero-order valence-electron chi connectivity index (χ0n) is 17.7. The van der Waals surface area contributed by atoms with Crippen molar-refractivity contribution < 1.29 is 23.5 Å². The van der Waals surface area contributed by atoms with E-state index >= 15 is 0 Å². The Balaban J connectivity index is 1.76. The number of para-hydroxylation sites is 1. The van der Waals surface area contributed by atoms with Gasteiger partial charge in [0.15, 0.2) is 0 Å². The normalized spacial score (nSPS) is 11.8. The van der Waals surface area contributed by atoms with Gasteiger partial charge >= 0.3 is 5.97 Å². The van der Waals surface area contributed by atoms with Gasteiger partial charge in [0.2, 0.25) is 0 Å². The molecule has 1 unspecified atom stereocenters. The van der Waals surface area contributed by atoms with Crippen LogP contribution in [0.2, 0.25) is 0 Å². The van der Waals surface area contributed by atoms with E-state index in [-0.39, 0.29) is 17.7 Å². The highest BCUT2D eigenvalue weighted by Gasteiger charge is 2.26. The fourth-order valence-electron chi connectivity index (χ4n) is 3.75. The molecule has 7 heteroatoms. The standard InChI is InChI=1S/C26H20F2N2O3/c1-16(22-10-9-21(27)13-23(22)28)30(15-17-5-4-7-19(11-17)26(32)33)25(31)20-12-18-6-2-3-8-24(18)29-14-20/h2-14,16H,15H2,1H3,(H,32,33). The Bertz CT molecular complexity index is 1360. The molecule has 1 aromatic heterocycles. The number of aromatic carboxylic acids is 1. The third-order valence-corrected chi connectivity index (χ3v) is 5.51. The average molecular weight is 446 g/mol. The molecule has 4 aromatic rings. The molecule has 1 atom stereocenters. The highest BCUT2D eigenvalue weighted by Crippen LogP contribution is 2.28. The Labute approximate surface area is 188 Å². The molecule has 0 saturated carbocycles. The van der Waals surface area contributed by atoms with Crippen molar-refractivity contribution in [1.82, 2.24) is 9.88 Å². The van der Waals surface area contributed by atoms with Crippen molar-refractivity contribution in [2.45, 2.75) is 19.5 Å². The topological polar surface area (TPSA) is 70.5 Å². The van der Waals surface area contributed by atoms with E-state index in [1.54, 1.807) is 25.1 Å². The number of carbonyl (C=O) groups is 2. The molecule has 33 heavy (non-hydrogen) atoms. The van der Waals surface area contributed by atoms with Gasteiger partial charge in [-0.15, -0.1) is 0 Å². The van der Waals surface area contributed by atoms with Gasteiger partial charge in [0, 0.05) is 29.8 Å². The van der Waals surface area contributed by atoms with Crippen molar-refractivity contribution in [3.8, 4) is 0 Å². The molecular formula is C26H20F2N2O3. The maximum absolute atomic E-state index is 14.6. The number of carbonyl (C=O) groups excluding carboxylic acids is 1. The lowest BCUT2D eigenvalue weighted by atomic mass is 10.0. The van der Waals surface area contributed by atoms with E-state index in [1.807, 2.05) is 24.3 Å². The van der Waals surface area contributed by atoms with Crippen LogP contribution in [0.15, 0.2) is 79.0 Å². The Hall–Kier alpha value is -4.13. The van der Waals surface area contributed by atoms with Crippen LogP contribution in [0, 0.1) is 11.6 Å². The number of halogens is 2. The third-order valence-electron chi connectivity index (χ3n) is 5.51. The number of benzene rings is 3. The van der Waals surface area contributed by atoms with Gasteiger partial charge in [-0.05, 0) is 42.8 Å². The summed E-state index contributed by atoms with van der Waals surface area (Å²) in [5.41, 5.74) is 1.82. The quantitative estimate of drug-likeness (QED) is 0.418. The van der Waals surface area contributed by atoms with Crippen LogP contribution in [-0.2, 0) is 6.54 Å². The van der Waals surface area contributed by atoms with Gasteiger partial charge in [0.1, 0.15) is 11.6 Å². The summed E-state index contributed by atoms with van der Waals surface area (Å²) in [5.74, 6) is -2.98. The van der Waals surface area contributed by atoms with Crippen LogP contribution in [0.5, 0.6) is 0 Å². The minimum Gasteiger partial charge on any atom is -0.478 e. The van der Waals surface area contributed by atoms with Gasteiger partial charge in [-0.2, -0.15) is 0 Å². The summed E-state index contributed by atoms with van der Waals surface area (Å²) >= 11 is 0. The number of aromatic nitrogens is 1. The van der Waals surface area contributed by atoms with E-state index in [1.165, 1.54) is 29.3 Å². The first-order valence-corrected chi connectivity index (χ1v) is 10.3. The van der Waals surface area contributed by atoms with Crippen molar-refractivity contribution >= 4 is 22.8 Å². The van der Waals surface area contributed by atoms with Crippen LogP contribution in [0.3, 0.4) is 0 Å². The van der Waals surface area contributed by atoms with Crippen LogP contribution in [0.25, 0.3) is 10.9 Å². The maximum Gasteiger partial charge on any atom is 0.335 e. The van der Waals surface area contributed by atoms with Crippen molar-refractivity contribution in [3.05, 3.63) is 113 Å².